The number of aliphatic hydroxyl groups is 1. The quantitative estimate of drug-likeness (QED) is 0.0884. The van der Waals surface area contributed by atoms with E-state index in [9.17, 15) is 37.5 Å². The Bertz CT molecular complexity index is 1670. The zero-order valence-electron chi connectivity index (χ0n) is 30.0. The molecule has 292 valence electrons. The summed E-state index contributed by atoms with van der Waals surface area (Å²) in [7, 11) is -4.94. The molecule has 0 bridgehead atoms. The molecule has 1 fully saturated rings. The number of unbranched alkanes of at least 4 members (excludes halogenated alkanes) is 1. The lowest BCUT2D eigenvalue weighted by molar-refractivity contribution is -0.288. The topological polar surface area (TPSA) is 223 Å². The van der Waals surface area contributed by atoms with Crippen LogP contribution in [0, 0.1) is 0 Å². The first kappa shape index (κ1) is 42.6. The van der Waals surface area contributed by atoms with Crippen LogP contribution in [0.2, 0.25) is 0 Å². The zero-order chi connectivity index (χ0) is 39.1. The SMILES string of the molecule is CCCCOCCCC(=O)c1ccc(OC2O[C@H](COC(C)=O)[C@H](OC(C)=O)[C@H](OC(C)=O)[C@H]2OC(C)=O)c(OS(=O)(=O)Oc2ccc(CO)cc2)c1. The van der Waals surface area contributed by atoms with Crippen LogP contribution in [0.25, 0.3) is 0 Å². The largest absolute Gasteiger partial charge is 0.501 e. The molecule has 1 unspecified atom stereocenters. The lowest BCUT2D eigenvalue weighted by atomic mass is 9.98. The van der Waals surface area contributed by atoms with Crippen molar-refractivity contribution >= 4 is 40.1 Å². The summed E-state index contributed by atoms with van der Waals surface area (Å²) in [5, 5.41) is 9.31. The second kappa shape index (κ2) is 20.5. The molecule has 0 radical (unpaired) electrons. The molecule has 1 N–H and O–H groups in total. The van der Waals surface area contributed by atoms with E-state index >= 15 is 0 Å². The number of carbonyl (C=O) groups excluding carboxylic acids is 5. The molecule has 0 spiro atoms. The third kappa shape index (κ3) is 13.9. The highest BCUT2D eigenvalue weighted by molar-refractivity contribution is 7.82. The lowest BCUT2D eigenvalue weighted by Gasteiger charge is -2.43. The standard InChI is InChI=1S/C35H44O17S/c1-6-7-16-44-17-8-9-28(41)26-12-15-29(30(18-26)52-53(42,43)51-27-13-10-25(19-36)11-14-27)49-35-34(48-24(5)40)33(47-23(4)39)32(46-22(3)38)31(50-35)20-45-21(2)37/h10-15,18,31-36H,6-9,16-17,19-20H2,1-5H3/t31-,32+,33+,34-,35?/m1/s1. The molecule has 1 aliphatic heterocycles. The summed E-state index contributed by atoms with van der Waals surface area (Å²) in [6.45, 7) is 6.31. The first-order valence-corrected chi connectivity index (χ1v) is 18.0. The van der Waals surface area contributed by atoms with Crippen LogP contribution in [0.3, 0.4) is 0 Å². The van der Waals surface area contributed by atoms with Crippen LogP contribution in [0.5, 0.6) is 17.2 Å². The number of rotatable bonds is 20. The number of benzene rings is 2. The fraction of sp³-hybridized carbons (Fsp3) is 0.514. The van der Waals surface area contributed by atoms with Crippen LogP contribution in [0.15, 0.2) is 42.5 Å². The average molecular weight is 769 g/mol. The predicted molar refractivity (Wildman–Crippen MR) is 181 cm³/mol. The third-order valence-electron chi connectivity index (χ3n) is 7.29. The van der Waals surface area contributed by atoms with E-state index in [1.165, 1.54) is 36.4 Å². The molecular formula is C35H44O17S. The highest BCUT2D eigenvalue weighted by Crippen LogP contribution is 2.36. The average Bonchev–Trinajstić information content (AvgIpc) is 3.08. The number of ketones is 1. The van der Waals surface area contributed by atoms with Crippen molar-refractivity contribution in [2.24, 2.45) is 0 Å². The van der Waals surface area contributed by atoms with Crippen molar-refractivity contribution in [1.29, 1.82) is 0 Å². The molecule has 0 aromatic heterocycles. The van der Waals surface area contributed by atoms with Crippen molar-refractivity contribution in [1.82, 2.24) is 0 Å². The summed E-state index contributed by atoms with van der Waals surface area (Å²) < 4.78 is 75.5. The highest BCUT2D eigenvalue weighted by atomic mass is 32.3. The van der Waals surface area contributed by atoms with Gasteiger partial charge in [-0.15, -0.1) is 8.42 Å². The van der Waals surface area contributed by atoms with Crippen molar-refractivity contribution in [3.63, 3.8) is 0 Å². The van der Waals surface area contributed by atoms with E-state index < -0.39 is 77.3 Å². The number of aliphatic hydroxyl groups excluding tert-OH is 1. The second-order valence-electron chi connectivity index (χ2n) is 11.7. The van der Waals surface area contributed by atoms with Gasteiger partial charge in [-0.05, 0) is 48.7 Å². The van der Waals surface area contributed by atoms with E-state index in [0.717, 1.165) is 46.6 Å². The third-order valence-corrected chi connectivity index (χ3v) is 8.07. The molecule has 0 amide bonds. The molecular weight excluding hydrogens is 724 g/mol. The van der Waals surface area contributed by atoms with Gasteiger partial charge in [-0.25, -0.2) is 0 Å². The molecule has 2 aromatic carbocycles. The Labute approximate surface area is 307 Å². The Kier molecular flexibility index (Phi) is 16.5. The smallest absolute Gasteiger partial charge is 0.463 e. The second-order valence-corrected chi connectivity index (χ2v) is 12.9. The van der Waals surface area contributed by atoms with Crippen molar-refractivity contribution in [3.8, 4) is 17.2 Å². The summed E-state index contributed by atoms with van der Waals surface area (Å²) in [6.07, 6.45) is -5.59. The van der Waals surface area contributed by atoms with Crippen LogP contribution < -0.4 is 13.1 Å². The number of esters is 4. The van der Waals surface area contributed by atoms with Gasteiger partial charge in [0.25, 0.3) is 0 Å². The first-order valence-electron chi connectivity index (χ1n) is 16.7. The fourth-order valence-corrected chi connectivity index (χ4v) is 5.71. The minimum Gasteiger partial charge on any atom is -0.463 e. The summed E-state index contributed by atoms with van der Waals surface area (Å²) in [4.78, 5) is 61.5. The molecule has 18 heteroatoms. The van der Waals surface area contributed by atoms with Gasteiger partial charge < -0.3 is 46.6 Å². The van der Waals surface area contributed by atoms with E-state index in [0.29, 0.717) is 25.2 Å². The maximum atomic E-state index is 13.2. The highest BCUT2D eigenvalue weighted by Gasteiger charge is 2.53. The summed E-state index contributed by atoms with van der Waals surface area (Å²) in [5.74, 6) is -4.85. The minimum atomic E-state index is -4.94. The van der Waals surface area contributed by atoms with Gasteiger partial charge in [0.15, 0.2) is 29.5 Å². The van der Waals surface area contributed by atoms with Gasteiger partial charge in [-0.3, -0.25) is 24.0 Å². The first-order chi connectivity index (χ1) is 25.1. The normalized spacial score (nSPS) is 19.7. The molecule has 0 aliphatic carbocycles. The molecule has 1 heterocycles. The number of ether oxygens (including phenoxy) is 7. The monoisotopic (exact) mass is 768 g/mol. The van der Waals surface area contributed by atoms with Crippen molar-refractivity contribution in [3.05, 3.63) is 53.6 Å². The van der Waals surface area contributed by atoms with Gasteiger partial charge in [0, 0.05) is 52.9 Å². The van der Waals surface area contributed by atoms with Gasteiger partial charge in [0.05, 0.1) is 6.61 Å². The van der Waals surface area contributed by atoms with Crippen LogP contribution in [0.4, 0.5) is 0 Å². The number of carbonyl (C=O) groups is 5. The Morgan fingerprint density at radius 1 is 0.755 bits per heavy atom. The van der Waals surface area contributed by atoms with Crippen molar-refractivity contribution < 1.29 is 79.0 Å². The molecule has 2 aromatic rings. The van der Waals surface area contributed by atoms with E-state index in [1.807, 2.05) is 6.92 Å². The van der Waals surface area contributed by atoms with Gasteiger partial charge >= 0.3 is 34.3 Å². The lowest BCUT2D eigenvalue weighted by Crippen LogP contribution is -2.63. The molecule has 5 atom stereocenters. The Morgan fingerprint density at radius 3 is 1.98 bits per heavy atom. The van der Waals surface area contributed by atoms with E-state index in [4.69, 9.17) is 41.5 Å². The minimum absolute atomic E-state index is 0.0324. The Morgan fingerprint density at radius 2 is 1.38 bits per heavy atom. The van der Waals surface area contributed by atoms with E-state index in [1.54, 1.807) is 0 Å². The molecule has 1 aliphatic rings. The molecule has 17 nitrogen and oxygen atoms in total. The van der Waals surface area contributed by atoms with Gasteiger partial charge in [0.1, 0.15) is 18.5 Å². The molecule has 53 heavy (non-hydrogen) atoms. The molecule has 1 saturated heterocycles. The fourth-order valence-electron chi connectivity index (χ4n) is 4.98. The van der Waals surface area contributed by atoms with Crippen LogP contribution in [0.1, 0.15) is 76.2 Å². The molecule has 0 saturated carbocycles. The number of hydrogen-bond donors (Lipinski definition) is 1. The van der Waals surface area contributed by atoms with Crippen LogP contribution in [-0.4, -0.2) is 93.7 Å². The van der Waals surface area contributed by atoms with Crippen LogP contribution in [-0.2, 0) is 64.6 Å². The van der Waals surface area contributed by atoms with Gasteiger partial charge in [-0.2, -0.15) is 0 Å². The summed E-state index contributed by atoms with van der Waals surface area (Å²) >= 11 is 0. The summed E-state index contributed by atoms with van der Waals surface area (Å²) in [6, 6.07) is 9.03. The Hall–Kier alpha value is -4.78. The van der Waals surface area contributed by atoms with Gasteiger partial charge in [0.2, 0.25) is 12.4 Å². The van der Waals surface area contributed by atoms with Crippen LogP contribution >= 0.6 is 0 Å². The summed E-state index contributed by atoms with van der Waals surface area (Å²) in [5.41, 5.74) is 0.517. The van der Waals surface area contributed by atoms with E-state index in [-0.39, 0.29) is 35.9 Å². The number of Topliss-reactive ketones (excluding diaryl/α,β-unsaturated/α-hetero) is 1. The molecule has 3 rings (SSSR count). The maximum absolute atomic E-state index is 13.2. The predicted octanol–water partition coefficient (Wildman–Crippen LogP) is 3.12. The van der Waals surface area contributed by atoms with Crippen molar-refractivity contribution in [2.45, 2.75) is 97.6 Å². The zero-order valence-corrected chi connectivity index (χ0v) is 30.8. The Balaban J connectivity index is 2.04. The van der Waals surface area contributed by atoms with Crippen molar-refractivity contribution in [2.75, 3.05) is 19.8 Å². The maximum Gasteiger partial charge on any atom is 0.501 e. The number of hydrogen-bond acceptors (Lipinski definition) is 17. The van der Waals surface area contributed by atoms with E-state index in [2.05, 4.69) is 0 Å². The van der Waals surface area contributed by atoms with Gasteiger partial charge in [-0.1, -0.05) is 25.5 Å².